The second-order valence-corrected chi connectivity index (χ2v) is 3.68. The van der Waals surface area contributed by atoms with E-state index in [-0.39, 0.29) is 23.5 Å². The Morgan fingerprint density at radius 1 is 1.42 bits per heavy atom. The minimum absolute atomic E-state index is 0. The third-order valence-electron chi connectivity index (χ3n) is 2.53. The number of aldehydes is 1. The van der Waals surface area contributed by atoms with Gasteiger partial charge >= 0.3 is 6.18 Å². The summed E-state index contributed by atoms with van der Waals surface area (Å²) in [5.41, 5.74) is 3.00. The SMILES string of the molecule is CO[C@](N)(c1cccc(C=O)c1)[C@H](O)C(F)(F)F.Cl. The third kappa shape index (κ3) is 3.66. The highest BCUT2D eigenvalue weighted by molar-refractivity contribution is 5.85. The van der Waals surface area contributed by atoms with Gasteiger partial charge in [0.05, 0.1) is 0 Å². The number of rotatable bonds is 4. The first-order valence-electron chi connectivity index (χ1n) is 4.90. The molecule has 0 saturated carbocycles. The summed E-state index contributed by atoms with van der Waals surface area (Å²) < 4.78 is 42.2. The molecule has 0 aliphatic heterocycles. The van der Waals surface area contributed by atoms with Crippen molar-refractivity contribution >= 4 is 18.7 Å². The zero-order valence-corrected chi connectivity index (χ0v) is 10.7. The van der Waals surface area contributed by atoms with E-state index in [0.717, 1.165) is 13.2 Å². The van der Waals surface area contributed by atoms with Crippen LogP contribution in [0.5, 0.6) is 0 Å². The Hall–Kier alpha value is -1.15. The number of aliphatic hydroxyl groups is 1. The fourth-order valence-corrected chi connectivity index (χ4v) is 1.49. The van der Waals surface area contributed by atoms with Gasteiger partial charge in [-0.25, -0.2) is 0 Å². The lowest BCUT2D eigenvalue weighted by Crippen LogP contribution is -2.56. The summed E-state index contributed by atoms with van der Waals surface area (Å²) in [4.78, 5) is 10.6. The summed E-state index contributed by atoms with van der Waals surface area (Å²) in [5.74, 6) is 0. The number of benzene rings is 1. The van der Waals surface area contributed by atoms with Crippen LogP contribution in [-0.4, -0.2) is 30.8 Å². The van der Waals surface area contributed by atoms with Gasteiger partial charge in [0.2, 0.25) is 0 Å². The van der Waals surface area contributed by atoms with Crippen molar-refractivity contribution in [3.8, 4) is 0 Å². The number of alkyl halides is 3. The van der Waals surface area contributed by atoms with Gasteiger partial charge in [-0.3, -0.25) is 10.5 Å². The number of methoxy groups -OCH3 is 1. The zero-order valence-electron chi connectivity index (χ0n) is 9.85. The molecule has 4 nitrogen and oxygen atoms in total. The summed E-state index contributed by atoms with van der Waals surface area (Å²) >= 11 is 0. The number of carbonyl (C=O) groups is 1. The molecule has 19 heavy (non-hydrogen) atoms. The first kappa shape index (κ1) is 17.8. The van der Waals surface area contributed by atoms with E-state index in [2.05, 4.69) is 4.74 Å². The molecular formula is C11H13ClF3NO3. The monoisotopic (exact) mass is 299 g/mol. The van der Waals surface area contributed by atoms with Crippen LogP contribution in [0.3, 0.4) is 0 Å². The number of aliphatic hydroxyl groups excluding tert-OH is 1. The molecule has 0 fully saturated rings. The van der Waals surface area contributed by atoms with Crippen LogP contribution in [0.4, 0.5) is 13.2 Å². The molecule has 0 radical (unpaired) electrons. The van der Waals surface area contributed by atoms with Crippen molar-refractivity contribution in [2.45, 2.75) is 18.0 Å². The van der Waals surface area contributed by atoms with Crippen molar-refractivity contribution < 1.29 is 27.8 Å². The van der Waals surface area contributed by atoms with Gasteiger partial charge in [0.25, 0.3) is 0 Å². The molecule has 0 amide bonds. The molecule has 0 unspecified atom stereocenters. The summed E-state index contributed by atoms with van der Waals surface area (Å²) in [5, 5.41) is 9.26. The number of hydrogen-bond donors (Lipinski definition) is 2. The summed E-state index contributed by atoms with van der Waals surface area (Å²) in [6.45, 7) is 0. The van der Waals surface area contributed by atoms with Gasteiger partial charge in [0, 0.05) is 18.2 Å². The number of ether oxygens (including phenoxy) is 1. The highest BCUT2D eigenvalue weighted by Gasteiger charge is 2.52. The molecule has 2 atom stereocenters. The number of carbonyl (C=O) groups excluding carboxylic acids is 1. The fourth-order valence-electron chi connectivity index (χ4n) is 1.49. The topological polar surface area (TPSA) is 72.5 Å². The van der Waals surface area contributed by atoms with Gasteiger partial charge in [-0.15, -0.1) is 12.4 Å². The molecule has 108 valence electrons. The van der Waals surface area contributed by atoms with Gasteiger partial charge in [-0.2, -0.15) is 13.2 Å². The van der Waals surface area contributed by atoms with E-state index in [0.29, 0.717) is 6.29 Å². The maximum Gasteiger partial charge on any atom is 0.418 e. The van der Waals surface area contributed by atoms with Gasteiger partial charge < -0.3 is 9.84 Å². The minimum atomic E-state index is -4.94. The van der Waals surface area contributed by atoms with Gasteiger partial charge in [-0.1, -0.05) is 18.2 Å². The van der Waals surface area contributed by atoms with Crippen LogP contribution in [0.1, 0.15) is 15.9 Å². The standard InChI is InChI=1S/C11H12F3NO3.ClH/c1-18-10(15,9(17)11(12,13)14)8-4-2-3-7(5-8)6-16;/h2-6,9,17H,15H2,1H3;1H/t9-,10+;/m0./s1. The first-order valence-corrected chi connectivity index (χ1v) is 4.90. The molecule has 0 saturated heterocycles. The van der Waals surface area contributed by atoms with Crippen LogP contribution >= 0.6 is 12.4 Å². The summed E-state index contributed by atoms with van der Waals surface area (Å²) in [7, 11) is 0.947. The van der Waals surface area contributed by atoms with Crippen molar-refractivity contribution in [2.75, 3.05) is 7.11 Å². The number of halogens is 4. The lowest BCUT2D eigenvalue weighted by Gasteiger charge is -2.34. The Morgan fingerprint density at radius 2 is 2.00 bits per heavy atom. The maximum atomic E-state index is 12.5. The largest absolute Gasteiger partial charge is 0.418 e. The second kappa shape index (κ2) is 6.33. The van der Waals surface area contributed by atoms with Crippen molar-refractivity contribution in [3.05, 3.63) is 35.4 Å². The molecule has 8 heteroatoms. The van der Waals surface area contributed by atoms with E-state index in [1.165, 1.54) is 18.2 Å². The van der Waals surface area contributed by atoms with Crippen molar-refractivity contribution in [1.29, 1.82) is 0 Å². The molecule has 0 aliphatic rings. The van der Waals surface area contributed by atoms with Crippen LogP contribution in [0.25, 0.3) is 0 Å². The van der Waals surface area contributed by atoms with Gasteiger partial charge in [0.1, 0.15) is 6.29 Å². The second-order valence-electron chi connectivity index (χ2n) is 3.68. The molecule has 0 bridgehead atoms. The Kier molecular flexibility index (Phi) is 5.95. The van der Waals surface area contributed by atoms with Crippen LogP contribution in [-0.2, 0) is 10.5 Å². The third-order valence-corrected chi connectivity index (χ3v) is 2.53. The lowest BCUT2D eigenvalue weighted by molar-refractivity contribution is -0.265. The Balaban J connectivity index is 0.00000324. The highest BCUT2D eigenvalue weighted by Crippen LogP contribution is 2.34. The van der Waals surface area contributed by atoms with E-state index < -0.39 is 18.0 Å². The molecule has 1 aromatic rings. The van der Waals surface area contributed by atoms with Crippen molar-refractivity contribution in [1.82, 2.24) is 0 Å². The highest BCUT2D eigenvalue weighted by atomic mass is 35.5. The predicted molar refractivity (Wildman–Crippen MR) is 64.0 cm³/mol. The van der Waals surface area contributed by atoms with Crippen LogP contribution < -0.4 is 5.73 Å². The fraction of sp³-hybridized carbons (Fsp3) is 0.364. The Labute approximate surface area is 113 Å². The average Bonchev–Trinajstić information content (AvgIpc) is 2.36. The molecule has 0 aliphatic carbocycles. The van der Waals surface area contributed by atoms with Crippen LogP contribution in [0.15, 0.2) is 24.3 Å². The Bertz CT molecular complexity index is 441. The first-order chi connectivity index (χ1) is 8.25. The Morgan fingerprint density at radius 3 is 2.42 bits per heavy atom. The van der Waals surface area contributed by atoms with E-state index in [1.54, 1.807) is 0 Å². The molecule has 0 heterocycles. The minimum Gasteiger partial charge on any atom is -0.380 e. The lowest BCUT2D eigenvalue weighted by atomic mass is 9.95. The van der Waals surface area contributed by atoms with E-state index in [4.69, 9.17) is 5.73 Å². The van der Waals surface area contributed by atoms with E-state index >= 15 is 0 Å². The predicted octanol–water partition coefficient (Wildman–Crippen LogP) is 1.60. The maximum absolute atomic E-state index is 12.5. The molecular weight excluding hydrogens is 287 g/mol. The number of nitrogens with two attached hydrogens (primary N) is 1. The average molecular weight is 300 g/mol. The van der Waals surface area contributed by atoms with E-state index in [9.17, 15) is 23.1 Å². The van der Waals surface area contributed by atoms with E-state index in [1.807, 2.05) is 0 Å². The van der Waals surface area contributed by atoms with Gasteiger partial charge in [0.15, 0.2) is 11.8 Å². The normalized spacial score (nSPS) is 16.1. The summed E-state index contributed by atoms with van der Waals surface area (Å²) in [6, 6.07) is 5.12. The molecule has 3 N–H and O–H groups in total. The van der Waals surface area contributed by atoms with Crippen molar-refractivity contribution in [2.24, 2.45) is 5.73 Å². The number of hydrogen-bond acceptors (Lipinski definition) is 4. The summed E-state index contributed by atoms with van der Waals surface area (Å²) in [6.07, 6.45) is -7.39. The molecule has 1 aromatic carbocycles. The van der Waals surface area contributed by atoms with Crippen molar-refractivity contribution in [3.63, 3.8) is 0 Å². The quantitative estimate of drug-likeness (QED) is 0.654. The van der Waals surface area contributed by atoms with Crippen LogP contribution in [0.2, 0.25) is 0 Å². The van der Waals surface area contributed by atoms with Crippen LogP contribution in [0, 0.1) is 0 Å². The zero-order chi connectivity index (χ0) is 14.0. The molecule has 0 aromatic heterocycles. The molecule has 1 rings (SSSR count). The van der Waals surface area contributed by atoms with Gasteiger partial charge in [-0.05, 0) is 6.07 Å². The molecule has 0 spiro atoms. The smallest absolute Gasteiger partial charge is 0.380 e.